The molecule has 0 radical (unpaired) electrons. The molecule has 2 fully saturated rings. The molecule has 3 heterocycles. The molecule has 1 unspecified atom stereocenters. The van der Waals surface area contributed by atoms with Crippen molar-refractivity contribution in [3.05, 3.63) is 24.0 Å². The molecule has 2 saturated heterocycles. The standard InChI is InChI=1S/C15H21N3O2/c19-15(18-5-1-2-6-18)12-8-13(10-16-9-12)17-11-14-4-3-7-20-14/h8-10,14,17H,1-7,11H2. The number of nitrogens with zero attached hydrogens (tertiary/aromatic N) is 2. The van der Waals surface area contributed by atoms with Crippen LogP contribution in [0.2, 0.25) is 0 Å². The lowest BCUT2D eigenvalue weighted by molar-refractivity contribution is 0.0792. The van der Waals surface area contributed by atoms with Crippen LogP contribution in [0.25, 0.3) is 0 Å². The maximum Gasteiger partial charge on any atom is 0.255 e. The highest BCUT2D eigenvalue weighted by atomic mass is 16.5. The van der Waals surface area contributed by atoms with E-state index in [2.05, 4.69) is 10.3 Å². The zero-order valence-electron chi connectivity index (χ0n) is 11.7. The van der Waals surface area contributed by atoms with Gasteiger partial charge in [0.1, 0.15) is 0 Å². The number of carbonyl (C=O) groups is 1. The molecule has 0 aliphatic carbocycles. The van der Waals surface area contributed by atoms with Crippen molar-refractivity contribution in [2.24, 2.45) is 0 Å². The van der Waals surface area contributed by atoms with Gasteiger partial charge in [-0.3, -0.25) is 9.78 Å². The number of rotatable bonds is 4. The lowest BCUT2D eigenvalue weighted by atomic mass is 10.2. The van der Waals surface area contributed by atoms with Gasteiger partial charge < -0.3 is 15.0 Å². The van der Waals surface area contributed by atoms with Gasteiger partial charge in [0.15, 0.2) is 0 Å². The van der Waals surface area contributed by atoms with Crippen LogP contribution in [0.1, 0.15) is 36.0 Å². The van der Waals surface area contributed by atoms with Crippen molar-refractivity contribution in [2.75, 3.05) is 31.6 Å². The molecule has 0 spiro atoms. The number of anilines is 1. The van der Waals surface area contributed by atoms with Gasteiger partial charge >= 0.3 is 0 Å². The number of hydrogen-bond donors (Lipinski definition) is 1. The number of aromatic nitrogens is 1. The zero-order valence-corrected chi connectivity index (χ0v) is 11.7. The highest BCUT2D eigenvalue weighted by Crippen LogP contribution is 2.17. The molecule has 1 aromatic rings. The monoisotopic (exact) mass is 275 g/mol. The van der Waals surface area contributed by atoms with Gasteiger partial charge in [-0.2, -0.15) is 0 Å². The van der Waals surface area contributed by atoms with Gasteiger partial charge in [0.05, 0.1) is 17.4 Å². The van der Waals surface area contributed by atoms with E-state index in [1.165, 1.54) is 0 Å². The van der Waals surface area contributed by atoms with Crippen LogP contribution < -0.4 is 5.32 Å². The molecule has 0 aromatic carbocycles. The second-order valence-electron chi connectivity index (χ2n) is 5.48. The fourth-order valence-electron chi connectivity index (χ4n) is 2.79. The second-order valence-corrected chi connectivity index (χ2v) is 5.48. The molecule has 2 aliphatic heterocycles. The Bertz CT molecular complexity index is 466. The molecule has 5 heteroatoms. The highest BCUT2D eigenvalue weighted by Gasteiger charge is 2.20. The molecule has 1 aromatic heterocycles. The summed E-state index contributed by atoms with van der Waals surface area (Å²) >= 11 is 0. The molecule has 0 bridgehead atoms. The predicted octanol–water partition coefficient (Wildman–Crippen LogP) is 1.91. The van der Waals surface area contributed by atoms with E-state index >= 15 is 0 Å². The van der Waals surface area contributed by atoms with Crippen LogP contribution in [0.15, 0.2) is 18.5 Å². The summed E-state index contributed by atoms with van der Waals surface area (Å²) in [4.78, 5) is 18.4. The number of pyridine rings is 1. The van der Waals surface area contributed by atoms with E-state index in [0.717, 1.165) is 57.6 Å². The normalized spacial score (nSPS) is 22.2. The number of carbonyl (C=O) groups excluding carboxylic acids is 1. The predicted molar refractivity (Wildman–Crippen MR) is 76.8 cm³/mol. The van der Waals surface area contributed by atoms with Gasteiger partial charge in [-0.15, -0.1) is 0 Å². The van der Waals surface area contributed by atoms with Crippen LogP contribution in [0, 0.1) is 0 Å². The molecular formula is C15H21N3O2. The number of likely N-dealkylation sites (tertiary alicyclic amines) is 1. The fourth-order valence-corrected chi connectivity index (χ4v) is 2.79. The van der Waals surface area contributed by atoms with Crippen molar-refractivity contribution in [3.63, 3.8) is 0 Å². The van der Waals surface area contributed by atoms with Crippen molar-refractivity contribution in [1.29, 1.82) is 0 Å². The van der Waals surface area contributed by atoms with E-state index < -0.39 is 0 Å². The van der Waals surface area contributed by atoms with Crippen molar-refractivity contribution >= 4 is 11.6 Å². The van der Waals surface area contributed by atoms with E-state index in [1.54, 1.807) is 12.4 Å². The topological polar surface area (TPSA) is 54.5 Å². The number of nitrogens with one attached hydrogen (secondary N) is 1. The third kappa shape index (κ3) is 3.10. The fraction of sp³-hybridized carbons (Fsp3) is 0.600. The van der Waals surface area contributed by atoms with E-state index in [-0.39, 0.29) is 12.0 Å². The third-order valence-electron chi connectivity index (χ3n) is 3.94. The van der Waals surface area contributed by atoms with E-state index in [4.69, 9.17) is 4.74 Å². The number of ether oxygens (including phenoxy) is 1. The quantitative estimate of drug-likeness (QED) is 0.912. The first-order valence-electron chi connectivity index (χ1n) is 7.43. The Morgan fingerprint density at radius 1 is 1.35 bits per heavy atom. The SMILES string of the molecule is O=C(c1cncc(NCC2CCCO2)c1)N1CCCC1. The van der Waals surface area contributed by atoms with Gasteiger partial charge in [-0.1, -0.05) is 0 Å². The first-order valence-corrected chi connectivity index (χ1v) is 7.43. The van der Waals surface area contributed by atoms with Crippen molar-refractivity contribution < 1.29 is 9.53 Å². The summed E-state index contributed by atoms with van der Waals surface area (Å²) in [7, 11) is 0. The largest absolute Gasteiger partial charge is 0.381 e. The second kappa shape index (κ2) is 6.22. The molecule has 2 aliphatic rings. The summed E-state index contributed by atoms with van der Waals surface area (Å²) in [6, 6.07) is 1.89. The average Bonchev–Trinajstić information content (AvgIpc) is 3.18. The first-order chi connectivity index (χ1) is 9.83. The lowest BCUT2D eigenvalue weighted by Crippen LogP contribution is -2.27. The van der Waals surface area contributed by atoms with Gasteiger partial charge in [-0.05, 0) is 31.7 Å². The Hall–Kier alpha value is -1.62. The number of amides is 1. The van der Waals surface area contributed by atoms with Crippen LogP contribution in [0.3, 0.4) is 0 Å². The van der Waals surface area contributed by atoms with Crippen LogP contribution in [0.4, 0.5) is 5.69 Å². The molecule has 5 nitrogen and oxygen atoms in total. The molecule has 1 amide bonds. The summed E-state index contributed by atoms with van der Waals surface area (Å²) in [5.41, 5.74) is 1.56. The van der Waals surface area contributed by atoms with Crippen molar-refractivity contribution in [3.8, 4) is 0 Å². The minimum Gasteiger partial charge on any atom is -0.381 e. The van der Waals surface area contributed by atoms with Crippen LogP contribution >= 0.6 is 0 Å². The van der Waals surface area contributed by atoms with Crippen LogP contribution in [-0.4, -0.2) is 48.1 Å². The first kappa shape index (κ1) is 13.4. The molecule has 20 heavy (non-hydrogen) atoms. The Kier molecular flexibility index (Phi) is 4.16. The average molecular weight is 275 g/mol. The molecule has 0 saturated carbocycles. The molecule has 108 valence electrons. The van der Waals surface area contributed by atoms with E-state index in [9.17, 15) is 4.79 Å². The van der Waals surface area contributed by atoms with Crippen LogP contribution in [-0.2, 0) is 4.74 Å². The van der Waals surface area contributed by atoms with Crippen molar-refractivity contribution in [1.82, 2.24) is 9.88 Å². The minimum absolute atomic E-state index is 0.0933. The van der Waals surface area contributed by atoms with Gasteiger partial charge in [0, 0.05) is 38.6 Å². The summed E-state index contributed by atoms with van der Waals surface area (Å²) in [6.45, 7) is 3.37. The van der Waals surface area contributed by atoms with Crippen LogP contribution in [0.5, 0.6) is 0 Å². The number of hydrogen-bond acceptors (Lipinski definition) is 4. The van der Waals surface area contributed by atoms with E-state index in [0.29, 0.717) is 5.56 Å². The molecule has 3 rings (SSSR count). The summed E-state index contributed by atoms with van der Waals surface area (Å²) in [5, 5.41) is 3.31. The maximum absolute atomic E-state index is 12.3. The third-order valence-corrected chi connectivity index (χ3v) is 3.94. The molecule has 1 atom stereocenters. The Morgan fingerprint density at radius 3 is 2.95 bits per heavy atom. The molecular weight excluding hydrogens is 254 g/mol. The lowest BCUT2D eigenvalue weighted by Gasteiger charge is -2.16. The van der Waals surface area contributed by atoms with E-state index in [1.807, 2.05) is 11.0 Å². The zero-order chi connectivity index (χ0) is 13.8. The summed E-state index contributed by atoms with van der Waals surface area (Å²) < 4.78 is 5.58. The summed E-state index contributed by atoms with van der Waals surface area (Å²) in [6.07, 6.45) is 8.15. The maximum atomic E-state index is 12.3. The van der Waals surface area contributed by atoms with Crippen molar-refractivity contribution in [2.45, 2.75) is 31.8 Å². The highest BCUT2D eigenvalue weighted by molar-refractivity contribution is 5.94. The van der Waals surface area contributed by atoms with Gasteiger partial charge in [-0.25, -0.2) is 0 Å². The minimum atomic E-state index is 0.0933. The summed E-state index contributed by atoms with van der Waals surface area (Å²) in [5.74, 6) is 0.0933. The Labute approximate surface area is 119 Å². The molecule has 1 N–H and O–H groups in total. The Balaban J connectivity index is 1.61. The Morgan fingerprint density at radius 2 is 2.20 bits per heavy atom. The van der Waals surface area contributed by atoms with Gasteiger partial charge in [0.2, 0.25) is 0 Å². The van der Waals surface area contributed by atoms with Gasteiger partial charge in [0.25, 0.3) is 5.91 Å². The smallest absolute Gasteiger partial charge is 0.255 e.